The maximum Gasteiger partial charge on any atom is 0.263 e. The fourth-order valence-corrected chi connectivity index (χ4v) is 4.77. The van der Waals surface area contributed by atoms with Crippen molar-refractivity contribution in [2.45, 2.75) is 38.6 Å². The SMILES string of the molecule is COc1ccccc1NC(=O)[C@H](C)n1cnc2sc3c(c2c1=O)CCCC3. The highest BCUT2D eigenvalue weighted by atomic mass is 32.1. The molecule has 4 rings (SSSR count). The Labute approximate surface area is 160 Å². The zero-order valence-electron chi connectivity index (χ0n) is 15.3. The van der Waals surface area contributed by atoms with Crippen molar-refractivity contribution >= 4 is 33.1 Å². The molecule has 0 saturated heterocycles. The van der Waals surface area contributed by atoms with Crippen LogP contribution in [0.2, 0.25) is 0 Å². The average molecular weight is 383 g/mol. The molecule has 3 aromatic rings. The van der Waals surface area contributed by atoms with E-state index in [9.17, 15) is 9.59 Å². The highest BCUT2D eigenvalue weighted by Crippen LogP contribution is 2.33. The van der Waals surface area contributed by atoms with Crippen molar-refractivity contribution in [2.75, 3.05) is 12.4 Å². The van der Waals surface area contributed by atoms with Crippen LogP contribution in [0.4, 0.5) is 5.69 Å². The van der Waals surface area contributed by atoms with Crippen molar-refractivity contribution in [2.24, 2.45) is 0 Å². The molecule has 0 bridgehead atoms. The fourth-order valence-electron chi connectivity index (χ4n) is 3.55. The third-order valence-corrected chi connectivity index (χ3v) is 6.26. The van der Waals surface area contributed by atoms with Gasteiger partial charge in [0.15, 0.2) is 0 Å². The first-order chi connectivity index (χ1) is 13.1. The number of methoxy groups -OCH3 is 1. The summed E-state index contributed by atoms with van der Waals surface area (Å²) in [5.74, 6) is 0.290. The Balaban J connectivity index is 1.68. The molecule has 27 heavy (non-hydrogen) atoms. The zero-order chi connectivity index (χ0) is 19.0. The number of amides is 1. The van der Waals surface area contributed by atoms with Crippen molar-refractivity contribution in [3.63, 3.8) is 0 Å². The number of nitrogens with one attached hydrogen (secondary N) is 1. The van der Waals surface area contributed by atoms with Crippen LogP contribution in [0.25, 0.3) is 10.2 Å². The van der Waals surface area contributed by atoms with Crippen molar-refractivity contribution in [1.29, 1.82) is 0 Å². The molecule has 1 amide bonds. The van der Waals surface area contributed by atoms with Crippen molar-refractivity contribution < 1.29 is 9.53 Å². The van der Waals surface area contributed by atoms with Gasteiger partial charge in [0.05, 0.1) is 24.5 Å². The minimum Gasteiger partial charge on any atom is -0.495 e. The number of para-hydroxylation sites is 2. The Morgan fingerprint density at radius 2 is 2.07 bits per heavy atom. The van der Waals surface area contributed by atoms with E-state index in [4.69, 9.17) is 4.74 Å². The summed E-state index contributed by atoms with van der Waals surface area (Å²) < 4.78 is 6.70. The fraction of sp³-hybridized carbons (Fsp3) is 0.350. The second kappa shape index (κ2) is 7.15. The molecule has 2 aromatic heterocycles. The Kier molecular flexibility index (Phi) is 4.70. The molecule has 1 atom stereocenters. The topological polar surface area (TPSA) is 73.2 Å². The van der Waals surface area contributed by atoms with Crippen molar-refractivity contribution in [3.8, 4) is 5.75 Å². The lowest BCUT2D eigenvalue weighted by molar-refractivity contribution is -0.118. The molecule has 1 N–H and O–H groups in total. The smallest absolute Gasteiger partial charge is 0.263 e. The summed E-state index contributed by atoms with van der Waals surface area (Å²) in [4.78, 5) is 32.4. The largest absolute Gasteiger partial charge is 0.495 e. The standard InChI is InChI=1S/C20H21N3O3S/c1-12(18(24)22-14-8-4-5-9-15(14)26-2)23-11-21-19-17(20(23)25)13-7-3-6-10-16(13)27-19/h4-5,8-9,11-12H,3,6-7,10H2,1-2H3,(H,22,24)/t12-/m0/s1. The summed E-state index contributed by atoms with van der Waals surface area (Å²) >= 11 is 1.61. The first-order valence-electron chi connectivity index (χ1n) is 9.05. The summed E-state index contributed by atoms with van der Waals surface area (Å²) in [7, 11) is 1.55. The van der Waals surface area contributed by atoms with Gasteiger partial charge in [-0.05, 0) is 50.3 Å². The van der Waals surface area contributed by atoms with Crippen LogP contribution < -0.4 is 15.6 Å². The Hall–Kier alpha value is -2.67. The summed E-state index contributed by atoms with van der Waals surface area (Å²) in [5, 5.41) is 3.53. The van der Waals surface area contributed by atoms with Crippen LogP contribution in [0.5, 0.6) is 5.75 Å². The number of benzene rings is 1. The van der Waals surface area contributed by atoms with Crippen LogP contribution in [-0.4, -0.2) is 22.6 Å². The second-order valence-corrected chi connectivity index (χ2v) is 7.80. The van der Waals surface area contributed by atoms with E-state index in [1.54, 1.807) is 37.5 Å². The zero-order valence-corrected chi connectivity index (χ0v) is 16.1. The molecule has 0 fully saturated rings. The van der Waals surface area contributed by atoms with Crippen LogP contribution in [0.3, 0.4) is 0 Å². The number of aromatic nitrogens is 2. The van der Waals surface area contributed by atoms with Gasteiger partial charge >= 0.3 is 0 Å². The molecule has 0 spiro atoms. The van der Waals surface area contributed by atoms with Crippen molar-refractivity contribution in [1.82, 2.24) is 9.55 Å². The van der Waals surface area contributed by atoms with Gasteiger partial charge in [0.25, 0.3) is 5.56 Å². The molecule has 140 valence electrons. The molecular formula is C20H21N3O3S. The van der Waals surface area contributed by atoms with E-state index in [0.29, 0.717) is 16.8 Å². The first-order valence-corrected chi connectivity index (χ1v) is 9.87. The normalized spacial score (nSPS) is 14.6. The summed E-state index contributed by atoms with van der Waals surface area (Å²) in [6.07, 6.45) is 5.67. The van der Waals surface area contributed by atoms with Gasteiger partial charge in [-0.25, -0.2) is 4.98 Å². The first kappa shape index (κ1) is 17.7. The third kappa shape index (κ3) is 3.12. The molecule has 1 aliphatic carbocycles. The van der Waals surface area contributed by atoms with Gasteiger partial charge in [0.2, 0.25) is 5.91 Å². The van der Waals surface area contributed by atoms with Crippen LogP contribution in [0.1, 0.15) is 36.2 Å². The average Bonchev–Trinajstić information content (AvgIpc) is 3.07. The Bertz CT molecular complexity index is 1070. The van der Waals surface area contributed by atoms with E-state index in [0.717, 1.165) is 36.1 Å². The van der Waals surface area contributed by atoms with Gasteiger partial charge in [0.1, 0.15) is 16.6 Å². The minimum atomic E-state index is -0.682. The molecule has 2 heterocycles. The van der Waals surface area contributed by atoms with Gasteiger partial charge in [-0.3, -0.25) is 14.2 Å². The summed E-state index contributed by atoms with van der Waals surface area (Å²) in [6.45, 7) is 1.71. The molecule has 1 aliphatic rings. The Morgan fingerprint density at radius 3 is 2.89 bits per heavy atom. The number of rotatable bonds is 4. The molecule has 1 aromatic carbocycles. The number of hydrogen-bond acceptors (Lipinski definition) is 5. The quantitative estimate of drug-likeness (QED) is 0.748. The number of ether oxygens (including phenoxy) is 1. The van der Waals surface area contributed by atoms with E-state index in [-0.39, 0.29) is 11.5 Å². The monoisotopic (exact) mass is 383 g/mol. The molecule has 6 nitrogen and oxygen atoms in total. The lowest BCUT2D eigenvalue weighted by atomic mass is 9.97. The van der Waals surface area contributed by atoms with E-state index in [1.807, 2.05) is 12.1 Å². The Morgan fingerprint density at radius 1 is 1.30 bits per heavy atom. The number of aryl methyl sites for hydroxylation is 2. The number of carbonyl (C=O) groups is 1. The number of anilines is 1. The van der Waals surface area contributed by atoms with Gasteiger partial charge < -0.3 is 10.1 Å². The predicted molar refractivity (Wildman–Crippen MR) is 107 cm³/mol. The number of fused-ring (bicyclic) bond motifs is 3. The lowest BCUT2D eigenvalue weighted by Gasteiger charge is -2.16. The lowest BCUT2D eigenvalue weighted by Crippen LogP contribution is -2.32. The maximum absolute atomic E-state index is 13.1. The van der Waals surface area contributed by atoms with Crippen LogP contribution in [0, 0.1) is 0 Å². The van der Waals surface area contributed by atoms with E-state index < -0.39 is 6.04 Å². The second-order valence-electron chi connectivity index (χ2n) is 6.71. The van der Waals surface area contributed by atoms with E-state index >= 15 is 0 Å². The van der Waals surface area contributed by atoms with E-state index in [2.05, 4.69) is 10.3 Å². The molecule has 0 radical (unpaired) electrons. The summed E-state index contributed by atoms with van der Waals surface area (Å²) in [5.41, 5.74) is 1.57. The molecule has 0 saturated carbocycles. The summed E-state index contributed by atoms with van der Waals surface area (Å²) in [6, 6.07) is 6.51. The third-order valence-electron chi connectivity index (χ3n) is 5.06. The number of nitrogens with zero attached hydrogens (tertiary/aromatic N) is 2. The predicted octanol–water partition coefficient (Wildman–Crippen LogP) is 3.55. The molecule has 0 unspecified atom stereocenters. The number of thiophene rings is 1. The van der Waals surface area contributed by atoms with Crippen molar-refractivity contribution in [3.05, 3.63) is 51.4 Å². The van der Waals surface area contributed by atoms with Gasteiger partial charge in [0, 0.05) is 4.88 Å². The highest BCUT2D eigenvalue weighted by Gasteiger charge is 2.23. The maximum atomic E-state index is 13.1. The number of carbonyl (C=O) groups excluding carboxylic acids is 1. The van der Waals surface area contributed by atoms with Gasteiger partial charge in [-0.1, -0.05) is 12.1 Å². The molecule has 0 aliphatic heterocycles. The van der Waals surface area contributed by atoms with Crippen LogP contribution >= 0.6 is 11.3 Å². The highest BCUT2D eigenvalue weighted by molar-refractivity contribution is 7.18. The van der Waals surface area contributed by atoms with Gasteiger partial charge in [-0.2, -0.15) is 0 Å². The molecule has 7 heteroatoms. The van der Waals surface area contributed by atoms with Crippen LogP contribution in [-0.2, 0) is 17.6 Å². The van der Waals surface area contributed by atoms with Gasteiger partial charge in [-0.15, -0.1) is 11.3 Å². The minimum absolute atomic E-state index is 0.137. The molecular weight excluding hydrogens is 362 g/mol. The van der Waals surface area contributed by atoms with E-state index in [1.165, 1.54) is 15.8 Å². The number of hydrogen-bond donors (Lipinski definition) is 1. The van der Waals surface area contributed by atoms with Crippen LogP contribution in [0.15, 0.2) is 35.4 Å².